The molecule has 0 radical (unpaired) electrons. The minimum Gasteiger partial charge on any atom is -0.396 e. The predicted molar refractivity (Wildman–Crippen MR) is 223 cm³/mol. The first kappa shape index (κ1) is 48.1. The van der Waals surface area contributed by atoms with E-state index in [-0.39, 0.29) is 51.4 Å². The summed E-state index contributed by atoms with van der Waals surface area (Å²) in [5, 5.41) is 110. The lowest BCUT2D eigenvalue weighted by Gasteiger charge is -2.73. The van der Waals surface area contributed by atoms with Crippen molar-refractivity contribution in [3.05, 3.63) is 12.2 Å². The van der Waals surface area contributed by atoms with E-state index in [0.717, 1.165) is 38.5 Å². The molecule has 4 heterocycles. The number of aliphatic hydroxyl groups is 10. The van der Waals surface area contributed by atoms with Crippen molar-refractivity contribution in [3.8, 4) is 0 Å². The molecule has 9 rings (SSSR count). The Morgan fingerprint density at radius 2 is 1.34 bits per heavy atom. The highest BCUT2D eigenvalue weighted by Gasteiger charge is 2.79. The van der Waals surface area contributed by atoms with Gasteiger partial charge in [0.05, 0.1) is 50.3 Å². The van der Waals surface area contributed by atoms with Crippen molar-refractivity contribution in [2.24, 2.45) is 50.2 Å². The summed E-state index contributed by atoms with van der Waals surface area (Å²) in [6, 6.07) is 0. The summed E-state index contributed by atoms with van der Waals surface area (Å²) in [5.74, 6) is 0.268. The molecule has 0 aromatic rings. The minimum absolute atomic E-state index is 0.0390. The van der Waals surface area contributed by atoms with Crippen LogP contribution in [-0.4, -0.2) is 181 Å². The maximum atomic E-state index is 12.2. The number of ether oxygens (including phenoxy) is 7. The van der Waals surface area contributed by atoms with E-state index in [9.17, 15) is 51.1 Å². The predicted octanol–water partition coefficient (Wildman–Crippen LogP) is 0.240. The molecule has 4 aliphatic heterocycles. The molecule has 5 aliphatic carbocycles. The first-order chi connectivity index (χ1) is 30.0. The van der Waals surface area contributed by atoms with Gasteiger partial charge in [-0.1, -0.05) is 53.7 Å². The van der Waals surface area contributed by atoms with Crippen molar-refractivity contribution >= 4 is 0 Å². The lowest BCUT2D eigenvalue weighted by molar-refractivity contribution is -0.394. The molecule has 4 saturated heterocycles. The topological polar surface area (TPSA) is 267 Å². The van der Waals surface area contributed by atoms with Crippen LogP contribution < -0.4 is 0 Å². The second-order valence-corrected chi connectivity index (χ2v) is 23.3. The van der Waals surface area contributed by atoms with Crippen LogP contribution in [-0.2, 0) is 33.2 Å². The molecule has 4 saturated carbocycles. The van der Waals surface area contributed by atoms with Gasteiger partial charge < -0.3 is 84.2 Å². The molecule has 17 nitrogen and oxygen atoms in total. The van der Waals surface area contributed by atoms with Gasteiger partial charge in [0.15, 0.2) is 18.9 Å². The van der Waals surface area contributed by atoms with Crippen LogP contribution in [0.3, 0.4) is 0 Å². The molecule has 2 bridgehead atoms. The molecule has 1 spiro atoms. The molecule has 9 aliphatic rings. The van der Waals surface area contributed by atoms with E-state index >= 15 is 0 Å². The summed E-state index contributed by atoms with van der Waals surface area (Å²) in [4.78, 5) is 0. The van der Waals surface area contributed by atoms with Crippen LogP contribution in [0.4, 0.5) is 0 Å². The van der Waals surface area contributed by atoms with Crippen LogP contribution in [0, 0.1) is 50.2 Å². The van der Waals surface area contributed by atoms with Crippen molar-refractivity contribution < 1.29 is 84.2 Å². The summed E-state index contributed by atoms with van der Waals surface area (Å²) in [6.07, 6.45) is -11.4. The minimum atomic E-state index is -1.81. The number of hydrogen-bond acceptors (Lipinski definition) is 17. The zero-order valence-electron chi connectivity index (χ0n) is 38.4. The van der Waals surface area contributed by atoms with Gasteiger partial charge in [-0.15, -0.1) is 0 Å². The van der Waals surface area contributed by atoms with E-state index in [1.165, 1.54) is 0 Å². The molecular formula is C47H76O17. The van der Waals surface area contributed by atoms with E-state index in [1.807, 2.05) is 6.92 Å². The summed E-state index contributed by atoms with van der Waals surface area (Å²) >= 11 is 0. The van der Waals surface area contributed by atoms with Gasteiger partial charge in [0.1, 0.15) is 61.0 Å². The second-order valence-electron chi connectivity index (χ2n) is 23.3. The largest absolute Gasteiger partial charge is 0.396 e. The number of aliphatic hydroxyl groups excluding tert-OH is 10. The average molecular weight is 913 g/mol. The molecule has 10 N–H and O–H groups in total. The lowest BCUT2D eigenvalue weighted by Crippen LogP contribution is -2.72. The van der Waals surface area contributed by atoms with Crippen molar-refractivity contribution in [3.63, 3.8) is 0 Å². The Bertz CT molecular complexity index is 1750. The van der Waals surface area contributed by atoms with Gasteiger partial charge in [0.2, 0.25) is 0 Å². The van der Waals surface area contributed by atoms with Crippen LogP contribution >= 0.6 is 0 Å². The standard InChI is InChI=1S/C47H76O17/c1-22-30(52)33(55)36(64-40-37(34(56)32(54)24(18-48)61-40)63-38-35(57)31(53)23(50)19-58-38)39(60-22)62-29-10-11-42(4)25(43(29,5)20-49)8-12-44(6)26(42)9-13-47-27-16-41(2,3)14-15-46(27,21-59-47)28(51)17-45(44,47)7/h9,13,22-40,48-57H,8,10-12,14-21H2,1-7H3/t22-,23-,24-,25-,26-,27-,28-,29+,30+,31+,32-,33+,34+,35-,36-,37-,38+,39+,40+,42+,43+,44-,45+,46+,47-/m1/s1. The van der Waals surface area contributed by atoms with Crippen LogP contribution in [0.25, 0.3) is 0 Å². The molecule has 0 unspecified atom stereocenters. The van der Waals surface area contributed by atoms with Crippen molar-refractivity contribution in [2.45, 2.75) is 204 Å². The Labute approximate surface area is 376 Å². The summed E-state index contributed by atoms with van der Waals surface area (Å²) < 4.78 is 43.7. The Morgan fingerprint density at radius 3 is 2.03 bits per heavy atom. The summed E-state index contributed by atoms with van der Waals surface area (Å²) in [7, 11) is 0. The van der Waals surface area contributed by atoms with Gasteiger partial charge in [-0.05, 0) is 86.4 Å². The quantitative estimate of drug-likeness (QED) is 0.116. The highest BCUT2D eigenvalue weighted by atomic mass is 16.8. The van der Waals surface area contributed by atoms with E-state index in [1.54, 1.807) is 6.92 Å². The van der Waals surface area contributed by atoms with E-state index in [2.05, 4.69) is 46.8 Å². The molecule has 366 valence electrons. The molecule has 25 atom stereocenters. The Kier molecular flexibility index (Phi) is 12.3. The maximum absolute atomic E-state index is 12.2. The second kappa shape index (κ2) is 16.3. The Balaban J connectivity index is 0.990. The van der Waals surface area contributed by atoms with E-state index in [0.29, 0.717) is 19.4 Å². The molecule has 0 aromatic carbocycles. The highest BCUT2D eigenvalue weighted by molar-refractivity contribution is 5.36. The summed E-state index contributed by atoms with van der Waals surface area (Å²) in [6.45, 7) is 14.6. The SMILES string of the molecule is C[C@H]1O[C@@H](O[C@H]2CC[C@@]3(C)[C@@H](CC[C@]4(C)[C@@H]3C=C[C@@]35OC[C@]6(CCC(C)(C)C[C@H]63)[C@H](O)C[C@@]45C)[C@]2(C)CO)[C@H](O[C@@H]2O[C@H](CO)[C@@H](O)[C@H](O)[C@H]2O[C@@H]2OC[C@@H](O)[C@H](O)[C@H]2O)[C@@H](O)[C@H]1O. The van der Waals surface area contributed by atoms with Gasteiger partial charge >= 0.3 is 0 Å². The Hall–Kier alpha value is -0.940. The average Bonchev–Trinajstić information content (AvgIpc) is 3.53. The monoisotopic (exact) mass is 913 g/mol. The molecule has 17 heteroatoms. The first-order valence-corrected chi connectivity index (χ1v) is 23.9. The highest BCUT2D eigenvalue weighted by Crippen LogP contribution is 2.79. The van der Waals surface area contributed by atoms with Gasteiger partial charge in [-0.3, -0.25) is 0 Å². The molecule has 0 aromatic heterocycles. The van der Waals surface area contributed by atoms with Crippen molar-refractivity contribution in [1.82, 2.24) is 0 Å². The number of fused-ring (bicyclic) bond motifs is 4. The Morgan fingerprint density at radius 1 is 0.672 bits per heavy atom. The fraction of sp³-hybridized carbons (Fsp3) is 0.957. The van der Waals surface area contributed by atoms with E-state index in [4.69, 9.17) is 33.2 Å². The number of rotatable bonds is 8. The van der Waals surface area contributed by atoms with E-state index < -0.39 is 122 Å². The van der Waals surface area contributed by atoms with Gasteiger partial charge in [0, 0.05) is 22.2 Å². The maximum Gasteiger partial charge on any atom is 0.187 e. The third kappa shape index (κ3) is 6.72. The third-order valence-electron chi connectivity index (χ3n) is 19.6. The molecular weight excluding hydrogens is 837 g/mol. The van der Waals surface area contributed by atoms with Gasteiger partial charge in [-0.25, -0.2) is 0 Å². The number of allylic oxidation sites excluding steroid dienone is 1. The smallest absolute Gasteiger partial charge is 0.187 e. The zero-order valence-corrected chi connectivity index (χ0v) is 38.4. The fourth-order valence-electron chi connectivity index (χ4n) is 15.5. The zero-order chi connectivity index (χ0) is 46.3. The van der Waals surface area contributed by atoms with Crippen molar-refractivity contribution in [2.75, 3.05) is 26.4 Å². The first-order valence-electron chi connectivity index (χ1n) is 23.9. The van der Waals surface area contributed by atoms with Gasteiger partial charge in [-0.2, -0.15) is 0 Å². The van der Waals surface area contributed by atoms with Crippen LogP contribution in [0.15, 0.2) is 12.2 Å². The normalized spacial score (nSPS) is 59.0. The molecule has 64 heavy (non-hydrogen) atoms. The third-order valence-corrected chi connectivity index (χ3v) is 19.6. The summed E-state index contributed by atoms with van der Waals surface area (Å²) in [5.41, 5.74) is -2.30. The molecule has 8 fully saturated rings. The van der Waals surface area contributed by atoms with Crippen LogP contribution in [0.1, 0.15) is 99.8 Å². The van der Waals surface area contributed by atoms with Crippen LogP contribution in [0.5, 0.6) is 0 Å². The van der Waals surface area contributed by atoms with Gasteiger partial charge in [0.25, 0.3) is 0 Å². The lowest BCUT2D eigenvalue weighted by atomic mass is 9.32. The number of hydrogen-bond donors (Lipinski definition) is 10. The van der Waals surface area contributed by atoms with Crippen molar-refractivity contribution in [1.29, 1.82) is 0 Å². The molecule has 0 amide bonds. The fourth-order valence-corrected chi connectivity index (χ4v) is 15.5. The van der Waals surface area contributed by atoms with Crippen LogP contribution in [0.2, 0.25) is 0 Å².